The Morgan fingerprint density at radius 3 is 2.45 bits per heavy atom. The Labute approximate surface area is 247 Å². The third-order valence-corrected chi connectivity index (χ3v) is 7.29. The van der Waals surface area contributed by atoms with Crippen LogP contribution < -0.4 is 16.1 Å². The monoisotopic (exact) mass is 577 g/mol. The van der Waals surface area contributed by atoms with Crippen LogP contribution in [0.4, 0.5) is 0 Å². The highest BCUT2D eigenvalue weighted by atomic mass is 16.5. The molecule has 42 heavy (non-hydrogen) atoms. The van der Waals surface area contributed by atoms with E-state index < -0.39 is 36.1 Å². The van der Waals surface area contributed by atoms with E-state index >= 15 is 0 Å². The van der Waals surface area contributed by atoms with E-state index in [-0.39, 0.29) is 23.7 Å². The predicted octanol–water partition coefficient (Wildman–Crippen LogP) is 3.84. The van der Waals surface area contributed by atoms with E-state index in [4.69, 9.17) is 4.74 Å². The van der Waals surface area contributed by atoms with Crippen LogP contribution in [0, 0.1) is 11.8 Å². The zero-order valence-corrected chi connectivity index (χ0v) is 25.3. The van der Waals surface area contributed by atoms with Crippen molar-refractivity contribution in [1.29, 1.82) is 0 Å². The Hall–Kier alpha value is -4.05. The van der Waals surface area contributed by atoms with Crippen molar-refractivity contribution in [3.05, 3.63) is 60.3 Å². The van der Waals surface area contributed by atoms with Gasteiger partial charge < -0.3 is 15.4 Å². The van der Waals surface area contributed by atoms with Crippen LogP contribution in [0.15, 0.2) is 49.1 Å². The van der Waals surface area contributed by atoms with Crippen molar-refractivity contribution in [3.8, 4) is 0 Å². The molecule has 0 saturated carbocycles. The number of aromatic nitrogens is 1. The van der Waals surface area contributed by atoms with Gasteiger partial charge in [-0.25, -0.2) is 10.4 Å². The molecule has 2 aromatic rings. The lowest BCUT2D eigenvalue weighted by Crippen LogP contribution is -2.61. The number of esters is 1. The number of hydrogen-bond acceptors (Lipinski definition) is 7. The Morgan fingerprint density at radius 1 is 1.07 bits per heavy atom. The van der Waals surface area contributed by atoms with E-state index in [1.165, 1.54) is 5.01 Å². The summed E-state index contributed by atoms with van der Waals surface area (Å²) in [6, 6.07) is 7.20. The minimum Gasteiger partial charge on any atom is -0.455 e. The molecule has 0 spiro atoms. The van der Waals surface area contributed by atoms with Crippen molar-refractivity contribution < 1.29 is 23.9 Å². The maximum absolute atomic E-state index is 13.2. The van der Waals surface area contributed by atoms with E-state index in [0.717, 1.165) is 16.5 Å². The van der Waals surface area contributed by atoms with Crippen LogP contribution in [0.3, 0.4) is 0 Å². The van der Waals surface area contributed by atoms with Crippen LogP contribution in [-0.4, -0.2) is 58.4 Å². The number of pyridine rings is 1. The molecule has 0 bridgehead atoms. The highest BCUT2D eigenvalue weighted by Gasteiger charge is 2.34. The molecule has 5 atom stereocenters. The highest BCUT2D eigenvalue weighted by molar-refractivity contribution is 5.92. The van der Waals surface area contributed by atoms with Crippen LogP contribution in [0.2, 0.25) is 0 Å². The molecule has 1 aromatic heterocycles. The number of carbonyl (C=O) groups excluding carboxylic acids is 4. The lowest BCUT2D eigenvalue weighted by molar-refractivity contribution is -0.157. The molecule has 1 aliphatic rings. The number of amides is 3. The zero-order valence-electron chi connectivity index (χ0n) is 25.3. The topological polar surface area (TPSA) is 130 Å². The fourth-order valence-electron chi connectivity index (χ4n) is 4.73. The summed E-state index contributed by atoms with van der Waals surface area (Å²) >= 11 is 0. The summed E-state index contributed by atoms with van der Waals surface area (Å²) in [4.78, 5) is 56.4. The molecule has 3 N–H and O–H groups in total. The lowest BCUT2D eigenvalue weighted by Gasteiger charge is -2.35. The van der Waals surface area contributed by atoms with E-state index in [2.05, 4.69) is 27.6 Å². The number of hydrazine groups is 1. The van der Waals surface area contributed by atoms with Gasteiger partial charge in [-0.2, -0.15) is 0 Å². The molecule has 10 nitrogen and oxygen atoms in total. The fraction of sp³-hybridized carbons (Fsp3) is 0.469. The van der Waals surface area contributed by atoms with Crippen molar-refractivity contribution in [3.63, 3.8) is 0 Å². The molecule has 1 fully saturated rings. The molecule has 1 saturated heterocycles. The van der Waals surface area contributed by atoms with Crippen molar-refractivity contribution in [2.45, 2.75) is 78.6 Å². The molecule has 0 radical (unpaired) electrons. The smallest absolute Gasteiger partial charge is 0.325 e. The molecular formula is C32H43N5O5. The van der Waals surface area contributed by atoms with Crippen molar-refractivity contribution in [2.24, 2.45) is 11.8 Å². The third kappa shape index (κ3) is 8.25. The second-order valence-electron chi connectivity index (χ2n) is 11.1. The van der Waals surface area contributed by atoms with Crippen molar-refractivity contribution in [2.75, 3.05) is 6.54 Å². The number of hydrogen-bond donors (Lipinski definition) is 3. The Bertz CT molecular complexity index is 1340. The van der Waals surface area contributed by atoms with Crippen LogP contribution in [0.1, 0.15) is 71.7 Å². The number of ether oxygens (including phenoxy) is 1. The second kappa shape index (κ2) is 14.7. The fourth-order valence-corrected chi connectivity index (χ4v) is 4.73. The largest absolute Gasteiger partial charge is 0.455 e. The first kappa shape index (κ1) is 32.5. The summed E-state index contributed by atoms with van der Waals surface area (Å²) in [6.45, 7) is 14.7. The van der Waals surface area contributed by atoms with Crippen molar-refractivity contribution in [1.82, 2.24) is 26.1 Å². The summed E-state index contributed by atoms with van der Waals surface area (Å²) in [5.41, 5.74) is 5.31. The van der Waals surface area contributed by atoms with Gasteiger partial charge in [0.15, 0.2) is 0 Å². The molecular weight excluding hydrogens is 534 g/mol. The predicted molar refractivity (Wildman–Crippen MR) is 163 cm³/mol. The molecule has 10 heteroatoms. The number of fused-ring (bicyclic) bond motifs is 1. The molecule has 3 rings (SSSR count). The summed E-state index contributed by atoms with van der Waals surface area (Å²) < 4.78 is 5.73. The lowest BCUT2D eigenvalue weighted by atomic mass is 10.0. The average Bonchev–Trinajstić information content (AvgIpc) is 2.98. The minimum absolute atomic E-state index is 0.190. The van der Waals surface area contributed by atoms with Gasteiger partial charge in [0.1, 0.15) is 24.2 Å². The minimum atomic E-state index is -0.882. The second-order valence-corrected chi connectivity index (χ2v) is 11.1. The first-order valence-electron chi connectivity index (χ1n) is 14.5. The standard InChI is InChI=1S/C32H43N5O5/c1-8-11-20(5)29(38)35-28(19(3)4)30(39)33-21(6)31(40)37-17-10-12-26(36-37)32(41)42-22(7)25-16-15-24-14-13-23(9-2)18-27(24)34-25/h8-9,11,13-16,18-22,26,28,36H,2,10,12,17H2,1,3-7H3,(H,33,39)(H,35,38)/b11-8+/t20-,21+,22-,26+,28+/m1/s1. The van der Waals surface area contributed by atoms with E-state index in [1.807, 2.05) is 51.1 Å². The molecule has 0 aliphatic carbocycles. The van der Waals surface area contributed by atoms with Gasteiger partial charge in [-0.05, 0) is 57.2 Å². The quantitative estimate of drug-likeness (QED) is 0.273. The molecule has 2 heterocycles. The maximum Gasteiger partial charge on any atom is 0.325 e. The van der Waals surface area contributed by atoms with Crippen molar-refractivity contribution >= 4 is 40.7 Å². The van der Waals surface area contributed by atoms with Gasteiger partial charge in [-0.15, -0.1) is 0 Å². The number of nitrogens with zero attached hydrogens (tertiary/aromatic N) is 2. The van der Waals surface area contributed by atoms with Gasteiger partial charge in [0.05, 0.1) is 17.1 Å². The van der Waals surface area contributed by atoms with E-state index in [1.54, 1.807) is 39.0 Å². The van der Waals surface area contributed by atoms with E-state index in [0.29, 0.717) is 25.1 Å². The molecule has 226 valence electrons. The number of benzene rings is 1. The van der Waals surface area contributed by atoms with Crippen LogP contribution in [0.25, 0.3) is 17.0 Å². The highest BCUT2D eigenvalue weighted by Crippen LogP contribution is 2.22. The first-order chi connectivity index (χ1) is 19.9. The van der Waals surface area contributed by atoms with Gasteiger partial charge in [0, 0.05) is 11.9 Å². The molecule has 3 amide bonds. The first-order valence-corrected chi connectivity index (χ1v) is 14.5. The molecule has 1 aromatic carbocycles. The van der Waals surface area contributed by atoms with Gasteiger partial charge in [-0.3, -0.25) is 24.2 Å². The zero-order chi connectivity index (χ0) is 31.0. The van der Waals surface area contributed by atoms with Crippen LogP contribution >= 0.6 is 0 Å². The summed E-state index contributed by atoms with van der Waals surface area (Å²) in [5.74, 6) is -2.17. The Kier molecular flexibility index (Phi) is 11.4. The van der Waals surface area contributed by atoms with E-state index in [9.17, 15) is 19.2 Å². The summed E-state index contributed by atoms with van der Waals surface area (Å²) in [6.07, 6.45) is 5.76. The van der Waals surface area contributed by atoms with Crippen LogP contribution in [-0.2, 0) is 23.9 Å². The summed E-state index contributed by atoms with van der Waals surface area (Å²) in [7, 11) is 0. The number of rotatable bonds is 11. The Balaban J connectivity index is 1.59. The number of allylic oxidation sites excluding steroid dienone is 1. The van der Waals surface area contributed by atoms with Gasteiger partial charge in [0.25, 0.3) is 5.91 Å². The third-order valence-electron chi connectivity index (χ3n) is 7.29. The van der Waals surface area contributed by atoms with Gasteiger partial charge in [-0.1, -0.05) is 63.8 Å². The SMILES string of the molecule is C=Cc1ccc2ccc([C@@H](C)OC(=O)[C@@H]3CCCN(C(=O)[C@H](C)NC(=O)[C@@H](NC(=O)[C@H](C)/C=C/C)C(C)C)N3)nc2c1. The Morgan fingerprint density at radius 2 is 1.79 bits per heavy atom. The molecule has 1 aliphatic heterocycles. The number of carbonyl (C=O) groups is 4. The normalized spacial score (nSPS) is 18.3. The van der Waals surface area contributed by atoms with Gasteiger partial charge >= 0.3 is 5.97 Å². The van der Waals surface area contributed by atoms with Crippen LogP contribution in [0.5, 0.6) is 0 Å². The number of nitrogens with one attached hydrogen (secondary N) is 3. The summed E-state index contributed by atoms with van der Waals surface area (Å²) in [5, 5.41) is 7.83. The molecule has 0 unspecified atom stereocenters. The average molecular weight is 578 g/mol. The maximum atomic E-state index is 13.2. The van der Waals surface area contributed by atoms with Gasteiger partial charge in [0.2, 0.25) is 11.8 Å².